The predicted octanol–water partition coefficient (Wildman–Crippen LogP) is 4.95. The van der Waals surface area contributed by atoms with Gasteiger partial charge >= 0.3 is 0 Å². The van der Waals surface area contributed by atoms with Crippen molar-refractivity contribution in [3.63, 3.8) is 0 Å². The van der Waals surface area contributed by atoms with E-state index in [1.807, 2.05) is 30.3 Å². The van der Waals surface area contributed by atoms with E-state index >= 15 is 0 Å². The molecule has 0 aliphatic carbocycles. The predicted molar refractivity (Wildman–Crippen MR) is 101 cm³/mol. The molecule has 3 aromatic carbocycles. The first-order chi connectivity index (χ1) is 13.4. The first kappa shape index (κ1) is 19.5. The third kappa shape index (κ3) is 4.72. The molecule has 0 aliphatic heterocycles. The van der Waals surface area contributed by atoms with Crippen molar-refractivity contribution in [3.05, 3.63) is 99.6 Å². The van der Waals surface area contributed by atoms with Crippen LogP contribution < -0.4 is 5.32 Å². The summed E-state index contributed by atoms with van der Waals surface area (Å²) >= 11 is 0.761. The minimum Gasteiger partial charge on any atom is -0.348 e. The van der Waals surface area contributed by atoms with Crippen LogP contribution in [0.1, 0.15) is 15.9 Å². The van der Waals surface area contributed by atoms with Gasteiger partial charge in [0.25, 0.3) is 11.6 Å². The molecule has 0 heterocycles. The monoisotopic (exact) mass is 400 g/mol. The van der Waals surface area contributed by atoms with Crippen molar-refractivity contribution in [1.29, 1.82) is 0 Å². The molecule has 0 saturated carbocycles. The molecule has 1 amide bonds. The van der Waals surface area contributed by atoms with Gasteiger partial charge < -0.3 is 5.32 Å². The van der Waals surface area contributed by atoms with Crippen LogP contribution in [0.3, 0.4) is 0 Å². The molecular weight excluding hydrogens is 386 g/mol. The summed E-state index contributed by atoms with van der Waals surface area (Å²) in [6.07, 6.45) is 0. The van der Waals surface area contributed by atoms with Crippen LogP contribution in [-0.2, 0) is 6.54 Å². The summed E-state index contributed by atoms with van der Waals surface area (Å²) in [5, 5.41) is 14.0. The van der Waals surface area contributed by atoms with E-state index in [4.69, 9.17) is 0 Å². The summed E-state index contributed by atoms with van der Waals surface area (Å²) in [6.45, 7) is 0.297. The second kappa shape index (κ2) is 8.62. The summed E-state index contributed by atoms with van der Waals surface area (Å²) in [5.74, 6) is -2.00. The maximum atomic E-state index is 13.9. The van der Waals surface area contributed by atoms with Gasteiger partial charge in [0.2, 0.25) is 0 Å². The largest absolute Gasteiger partial charge is 0.348 e. The second-order valence-electron chi connectivity index (χ2n) is 5.78. The van der Waals surface area contributed by atoms with Crippen LogP contribution in [0.15, 0.2) is 76.5 Å². The Bertz CT molecular complexity index is 1030. The van der Waals surface area contributed by atoms with Crippen molar-refractivity contribution in [1.82, 2.24) is 5.32 Å². The molecule has 0 radical (unpaired) electrons. The van der Waals surface area contributed by atoms with Crippen LogP contribution in [0.5, 0.6) is 0 Å². The number of amides is 1. The number of nitrogens with zero attached hydrogens (tertiary/aromatic N) is 1. The van der Waals surface area contributed by atoms with Gasteiger partial charge in [0, 0.05) is 29.1 Å². The molecule has 0 unspecified atom stereocenters. The molecular formula is C20H14F2N2O3S. The zero-order chi connectivity index (χ0) is 20.1. The lowest BCUT2D eigenvalue weighted by Gasteiger charge is -2.08. The number of hydrogen-bond acceptors (Lipinski definition) is 4. The van der Waals surface area contributed by atoms with E-state index in [1.54, 1.807) is 0 Å². The maximum absolute atomic E-state index is 13.9. The number of nitrogens with one attached hydrogen (secondary N) is 1. The number of nitro benzene ring substituents is 1. The average molecular weight is 400 g/mol. The van der Waals surface area contributed by atoms with Crippen LogP contribution in [0.25, 0.3) is 0 Å². The number of carbonyl (C=O) groups excluding carboxylic acids is 1. The van der Waals surface area contributed by atoms with E-state index in [9.17, 15) is 23.7 Å². The second-order valence-corrected chi connectivity index (χ2v) is 6.87. The lowest BCUT2D eigenvalue weighted by atomic mass is 10.2. The SMILES string of the molecule is O=C(NCc1ccccc1)c1ccc([N+](=O)[O-])c(Sc2ccc(F)cc2F)c1. The van der Waals surface area contributed by atoms with Gasteiger partial charge in [0.1, 0.15) is 11.6 Å². The molecule has 142 valence electrons. The maximum Gasteiger partial charge on any atom is 0.283 e. The van der Waals surface area contributed by atoms with Gasteiger partial charge in [-0.05, 0) is 29.8 Å². The van der Waals surface area contributed by atoms with Crippen LogP contribution >= 0.6 is 11.8 Å². The zero-order valence-corrected chi connectivity index (χ0v) is 15.2. The van der Waals surface area contributed by atoms with Gasteiger partial charge in [0.15, 0.2) is 0 Å². The summed E-state index contributed by atoms with van der Waals surface area (Å²) in [6, 6.07) is 16.1. The van der Waals surface area contributed by atoms with Crippen molar-refractivity contribution < 1.29 is 18.5 Å². The van der Waals surface area contributed by atoms with Crippen molar-refractivity contribution in [2.45, 2.75) is 16.3 Å². The van der Waals surface area contributed by atoms with E-state index in [0.29, 0.717) is 12.6 Å². The van der Waals surface area contributed by atoms with Crippen LogP contribution in [0, 0.1) is 21.7 Å². The fraction of sp³-hybridized carbons (Fsp3) is 0.0500. The number of nitro groups is 1. The van der Waals surface area contributed by atoms with Crippen molar-refractivity contribution in [3.8, 4) is 0 Å². The Morgan fingerprint density at radius 1 is 1.00 bits per heavy atom. The van der Waals surface area contributed by atoms with E-state index in [-0.39, 0.29) is 21.0 Å². The normalized spacial score (nSPS) is 10.5. The molecule has 5 nitrogen and oxygen atoms in total. The highest BCUT2D eigenvalue weighted by Crippen LogP contribution is 2.36. The molecule has 8 heteroatoms. The van der Waals surface area contributed by atoms with Gasteiger partial charge in [-0.3, -0.25) is 14.9 Å². The van der Waals surface area contributed by atoms with E-state index in [0.717, 1.165) is 23.4 Å². The molecule has 0 saturated heterocycles. The van der Waals surface area contributed by atoms with E-state index < -0.39 is 22.5 Å². The highest BCUT2D eigenvalue weighted by atomic mass is 32.2. The molecule has 28 heavy (non-hydrogen) atoms. The molecule has 0 atom stereocenters. The minimum absolute atomic E-state index is 0.0198. The summed E-state index contributed by atoms with van der Waals surface area (Å²) in [5.41, 5.74) is 0.834. The molecule has 0 aromatic heterocycles. The quantitative estimate of drug-likeness (QED) is 0.469. The van der Waals surface area contributed by atoms with E-state index in [2.05, 4.69) is 5.32 Å². The van der Waals surface area contributed by atoms with Gasteiger partial charge in [-0.2, -0.15) is 0 Å². The van der Waals surface area contributed by atoms with Crippen molar-refractivity contribution >= 4 is 23.4 Å². The third-order valence-corrected chi connectivity index (χ3v) is 4.93. The number of carbonyl (C=O) groups is 1. The molecule has 3 aromatic rings. The Morgan fingerprint density at radius 2 is 1.75 bits per heavy atom. The minimum atomic E-state index is -0.835. The smallest absolute Gasteiger partial charge is 0.283 e. The van der Waals surface area contributed by atoms with Crippen LogP contribution in [0.4, 0.5) is 14.5 Å². The fourth-order valence-corrected chi connectivity index (χ4v) is 3.41. The molecule has 0 spiro atoms. The Hall–Kier alpha value is -3.26. The lowest BCUT2D eigenvalue weighted by Crippen LogP contribution is -2.22. The Balaban J connectivity index is 1.84. The Kier molecular flexibility index (Phi) is 6.00. The summed E-state index contributed by atoms with van der Waals surface area (Å²) < 4.78 is 27.0. The Labute approximate surface area is 163 Å². The van der Waals surface area contributed by atoms with Crippen molar-refractivity contribution in [2.24, 2.45) is 0 Å². The number of benzene rings is 3. The first-order valence-corrected chi connectivity index (χ1v) is 8.99. The Morgan fingerprint density at radius 3 is 2.43 bits per heavy atom. The summed E-state index contributed by atoms with van der Waals surface area (Å²) in [4.78, 5) is 23.2. The van der Waals surface area contributed by atoms with Crippen LogP contribution in [-0.4, -0.2) is 10.8 Å². The summed E-state index contributed by atoms with van der Waals surface area (Å²) in [7, 11) is 0. The van der Waals surface area contributed by atoms with Crippen LogP contribution in [0.2, 0.25) is 0 Å². The fourth-order valence-electron chi connectivity index (χ4n) is 2.44. The molecule has 0 bridgehead atoms. The number of halogens is 2. The molecule has 1 N–H and O–H groups in total. The first-order valence-electron chi connectivity index (χ1n) is 8.17. The van der Waals surface area contributed by atoms with Gasteiger partial charge in [-0.15, -0.1) is 0 Å². The highest BCUT2D eigenvalue weighted by molar-refractivity contribution is 7.99. The zero-order valence-electron chi connectivity index (χ0n) is 14.4. The molecule has 0 aliphatic rings. The number of hydrogen-bond donors (Lipinski definition) is 1. The molecule has 0 fully saturated rings. The topological polar surface area (TPSA) is 72.2 Å². The number of rotatable bonds is 6. The standard InChI is InChI=1S/C20H14F2N2O3S/c21-15-7-9-18(16(22)11-15)28-19-10-14(6-8-17(19)24(26)27)20(25)23-12-13-4-2-1-3-5-13/h1-11H,12H2,(H,23,25). The van der Waals surface area contributed by atoms with Gasteiger partial charge in [-0.25, -0.2) is 8.78 Å². The molecule has 3 rings (SSSR count). The van der Waals surface area contributed by atoms with Crippen molar-refractivity contribution in [2.75, 3.05) is 0 Å². The highest BCUT2D eigenvalue weighted by Gasteiger charge is 2.19. The van der Waals surface area contributed by atoms with E-state index in [1.165, 1.54) is 24.3 Å². The third-order valence-electron chi connectivity index (χ3n) is 3.83. The lowest BCUT2D eigenvalue weighted by molar-refractivity contribution is -0.387. The average Bonchev–Trinajstić information content (AvgIpc) is 2.69. The van der Waals surface area contributed by atoms with Gasteiger partial charge in [0.05, 0.1) is 9.82 Å². The van der Waals surface area contributed by atoms with Gasteiger partial charge in [-0.1, -0.05) is 42.1 Å².